The molecule has 2 aromatic heterocycles. The van der Waals surface area contributed by atoms with Crippen LogP contribution in [0.2, 0.25) is 0 Å². The quantitative estimate of drug-likeness (QED) is 0.411. The van der Waals surface area contributed by atoms with Crippen LogP contribution in [0.1, 0.15) is 17.5 Å². The molecule has 0 fully saturated rings. The first kappa shape index (κ1) is 18.9. The van der Waals surface area contributed by atoms with Crippen molar-refractivity contribution in [1.29, 1.82) is 0 Å². The predicted molar refractivity (Wildman–Crippen MR) is 113 cm³/mol. The van der Waals surface area contributed by atoms with Crippen molar-refractivity contribution in [3.63, 3.8) is 0 Å². The lowest BCUT2D eigenvalue weighted by Crippen LogP contribution is -2.13. The van der Waals surface area contributed by atoms with Gasteiger partial charge in [-0.15, -0.1) is 0 Å². The Morgan fingerprint density at radius 1 is 0.897 bits per heavy atom. The average Bonchev–Trinajstić information content (AvgIpc) is 3.30. The number of aromatic nitrogens is 2. The van der Waals surface area contributed by atoms with Gasteiger partial charge in [-0.3, -0.25) is 4.79 Å². The number of nitrogens with one attached hydrogen (secondary N) is 2. The fraction of sp³-hybridized carbons (Fsp3) is 0.261. The van der Waals surface area contributed by atoms with Crippen LogP contribution in [-0.2, 0) is 17.6 Å². The number of H-pyrrole nitrogens is 2. The molecule has 29 heavy (non-hydrogen) atoms. The van der Waals surface area contributed by atoms with E-state index in [2.05, 4.69) is 9.97 Å². The van der Waals surface area contributed by atoms with E-state index in [1.54, 1.807) is 14.2 Å². The Morgan fingerprint density at radius 2 is 1.38 bits per heavy atom. The summed E-state index contributed by atoms with van der Waals surface area (Å²) in [4.78, 5) is 18.1. The first-order valence-corrected chi connectivity index (χ1v) is 9.57. The third kappa shape index (κ3) is 3.92. The van der Waals surface area contributed by atoms with E-state index in [9.17, 15) is 9.90 Å². The lowest BCUT2D eigenvalue weighted by Gasteiger charge is -2.14. The van der Waals surface area contributed by atoms with Crippen LogP contribution < -0.4 is 9.47 Å². The highest BCUT2D eigenvalue weighted by molar-refractivity contribution is 5.85. The molecule has 0 saturated carbocycles. The second kappa shape index (κ2) is 7.91. The third-order valence-electron chi connectivity index (χ3n) is 5.43. The van der Waals surface area contributed by atoms with Crippen LogP contribution in [0, 0.1) is 5.92 Å². The maximum Gasteiger partial charge on any atom is 0.303 e. The summed E-state index contributed by atoms with van der Waals surface area (Å²) in [6.07, 6.45) is 5.42. The van der Waals surface area contributed by atoms with E-state index in [1.807, 2.05) is 48.8 Å². The number of carboxylic acids is 1. The number of methoxy groups -OCH3 is 2. The molecule has 6 nitrogen and oxygen atoms in total. The first-order chi connectivity index (χ1) is 14.1. The molecule has 0 amide bonds. The Hall–Kier alpha value is -3.41. The molecule has 0 saturated heterocycles. The van der Waals surface area contributed by atoms with Crippen molar-refractivity contribution >= 4 is 27.8 Å². The van der Waals surface area contributed by atoms with Crippen molar-refractivity contribution in [3.05, 3.63) is 59.9 Å². The van der Waals surface area contributed by atoms with E-state index in [0.717, 1.165) is 44.4 Å². The van der Waals surface area contributed by atoms with Crippen LogP contribution in [0.5, 0.6) is 11.5 Å². The van der Waals surface area contributed by atoms with Crippen LogP contribution in [0.4, 0.5) is 0 Å². The van der Waals surface area contributed by atoms with Gasteiger partial charge in [-0.1, -0.05) is 0 Å². The molecule has 0 unspecified atom stereocenters. The van der Waals surface area contributed by atoms with Gasteiger partial charge in [0.25, 0.3) is 0 Å². The van der Waals surface area contributed by atoms with E-state index in [-0.39, 0.29) is 12.3 Å². The normalized spacial score (nSPS) is 11.4. The maximum atomic E-state index is 11.5. The molecule has 6 heteroatoms. The van der Waals surface area contributed by atoms with Gasteiger partial charge < -0.3 is 24.5 Å². The van der Waals surface area contributed by atoms with E-state index in [4.69, 9.17) is 9.47 Å². The SMILES string of the molecule is COc1ccc2c(CC(CC(=O)O)Cc3c[nH]c4cc(OC)ccc34)c[nH]c2c1. The number of aliphatic carboxylic acids is 1. The van der Waals surface area contributed by atoms with Crippen molar-refractivity contribution in [2.45, 2.75) is 19.3 Å². The van der Waals surface area contributed by atoms with Crippen molar-refractivity contribution < 1.29 is 19.4 Å². The molecule has 2 heterocycles. The summed E-state index contributed by atoms with van der Waals surface area (Å²) in [6, 6.07) is 11.8. The Bertz CT molecular complexity index is 1070. The second-order valence-electron chi connectivity index (χ2n) is 7.32. The topological polar surface area (TPSA) is 87.3 Å². The zero-order chi connectivity index (χ0) is 20.4. The average molecular weight is 392 g/mol. The summed E-state index contributed by atoms with van der Waals surface area (Å²) >= 11 is 0. The highest BCUT2D eigenvalue weighted by Crippen LogP contribution is 2.30. The minimum Gasteiger partial charge on any atom is -0.497 e. The van der Waals surface area contributed by atoms with Gasteiger partial charge in [-0.2, -0.15) is 0 Å². The van der Waals surface area contributed by atoms with Gasteiger partial charge in [0, 0.05) is 52.8 Å². The molecule has 150 valence electrons. The largest absolute Gasteiger partial charge is 0.497 e. The van der Waals surface area contributed by atoms with Gasteiger partial charge in [0.05, 0.1) is 14.2 Å². The van der Waals surface area contributed by atoms with Crippen LogP contribution >= 0.6 is 0 Å². The summed E-state index contributed by atoms with van der Waals surface area (Å²) in [7, 11) is 3.29. The van der Waals surface area contributed by atoms with E-state index in [0.29, 0.717) is 12.8 Å². The van der Waals surface area contributed by atoms with Crippen molar-refractivity contribution in [2.24, 2.45) is 5.92 Å². The molecule has 0 aliphatic carbocycles. The zero-order valence-electron chi connectivity index (χ0n) is 16.5. The highest BCUT2D eigenvalue weighted by Gasteiger charge is 2.19. The molecule has 0 bridgehead atoms. The molecule has 0 aliphatic rings. The van der Waals surface area contributed by atoms with Gasteiger partial charge in [0.2, 0.25) is 0 Å². The molecule has 3 N–H and O–H groups in total. The first-order valence-electron chi connectivity index (χ1n) is 9.57. The zero-order valence-corrected chi connectivity index (χ0v) is 16.5. The number of rotatable bonds is 8. The summed E-state index contributed by atoms with van der Waals surface area (Å²) in [6.45, 7) is 0. The molecular formula is C23H24N2O4. The van der Waals surface area contributed by atoms with Gasteiger partial charge in [-0.05, 0) is 54.2 Å². The minimum atomic E-state index is -0.780. The van der Waals surface area contributed by atoms with Gasteiger partial charge in [0.15, 0.2) is 0 Å². The minimum absolute atomic E-state index is 0.0188. The maximum absolute atomic E-state index is 11.5. The third-order valence-corrected chi connectivity index (χ3v) is 5.43. The lowest BCUT2D eigenvalue weighted by molar-refractivity contribution is -0.138. The fourth-order valence-corrected chi connectivity index (χ4v) is 4.01. The van der Waals surface area contributed by atoms with Gasteiger partial charge in [-0.25, -0.2) is 0 Å². The number of ether oxygens (including phenoxy) is 2. The summed E-state index contributed by atoms with van der Waals surface area (Å²) in [5, 5.41) is 11.7. The number of benzene rings is 2. The molecule has 0 spiro atoms. The highest BCUT2D eigenvalue weighted by atomic mass is 16.5. The molecule has 4 rings (SSSR count). The van der Waals surface area contributed by atoms with Gasteiger partial charge >= 0.3 is 5.97 Å². The van der Waals surface area contributed by atoms with Crippen LogP contribution in [-0.4, -0.2) is 35.3 Å². The van der Waals surface area contributed by atoms with Crippen LogP contribution in [0.25, 0.3) is 21.8 Å². The Labute approximate surface area is 168 Å². The second-order valence-corrected chi connectivity index (χ2v) is 7.32. The lowest BCUT2D eigenvalue weighted by atomic mass is 9.89. The number of carboxylic acid groups (broad SMARTS) is 1. The fourth-order valence-electron chi connectivity index (χ4n) is 4.01. The van der Waals surface area contributed by atoms with Crippen LogP contribution in [0.15, 0.2) is 48.8 Å². The molecule has 4 aromatic rings. The summed E-state index contributed by atoms with van der Waals surface area (Å²) in [5.74, 6) is 0.789. The molecule has 2 aromatic carbocycles. The Morgan fingerprint density at radius 3 is 1.79 bits per heavy atom. The molecule has 0 atom stereocenters. The van der Waals surface area contributed by atoms with Gasteiger partial charge in [0.1, 0.15) is 11.5 Å². The van der Waals surface area contributed by atoms with Crippen molar-refractivity contribution in [1.82, 2.24) is 9.97 Å². The number of aromatic amines is 2. The summed E-state index contributed by atoms with van der Waals surface area (Å²) in [5.41, 5.74) is 4.23. The number of carbonyl (C=O) groups is 1. The smallest absolute Gasteiger partial charge is 0.303 e. The number of hydrogen-bond acceptors (Lipinski definition) is 3. The van der Waals surface area contributed by atoms with Crippen molar-refractivity contribution in [2.75, 3.05) is 14.2 Å². The monoisotopic (exact) mass is 392 g/mol. The molecular weight excluding hydrogens is 368 g/mol. The number of hydrogen-bond donors (Lipinski definition) is 3. The van der Waals surface area contributed by atoms with E-state index in [1.165, 1.54) is 0 Å². The predicted octanol–water partition coefficient (Wildman–Crippen LogP) is 4.54. The van der Waals surface area contributed by atoms with E-state index < -0.39 is 5.97 Å². The standard InChI is InChI=1S/C23H24N2O4/c1-28-17-3-5-19-15(12-24-21(19)10-17)7-14(9-23(26)27)8-16-13-25-22-11-18(29-2)4-6-20(16)22/h3-6,10-14,24-25H,7-9H2,1-2H3,(H,26,27). The van der Waals surface area contributed by atoms with E-state index >= 15 is 0 Å². The Balaban J connectivity index is 1.61. The Kier molecular flexibility index (Phi) is 5.16. The molecule has 0 aliphatic heterocycles. The van der Waals surface area contributed by atoms with Crippen molar-refractivity contribution in [3.8, 4) is 11.5 Å². The van der Waals surface area contributed by atoms with Crippen LogP contribution in [0.3, 0.4) is 0 Å². The molecule has 0 radical (unpaired) electrons. The number of fused-ring (bicyclic) bond motifs is 2. The summed E-state index contributed by atoms with van der Waals surface area (Å²) < 4.78 is 10.6.